The lowest BCUT2D eigenvalue weighted by Crippen LogP contribution is -2.62. The molecule has 2 fully saturated rings. The molecule has 1 atom stereocenters. The Balaban J connectivity index is 2.00. The molecule has 0 aromatic rings. The molecular weight excluding hydrogens is 252 g/mol. The number of nitrogens with one attached hydrogen (secondary N) is 1. The van der Waals surface area contributed by atoms with Crippen LogP contribution in [-0.4, -0.2) is 85.6 Å². The third-order valence-electron chi connectivity index (χ3n) is 4.90. The first-order chi connectivity index (χ1) is 9.43. The van der Waals surface area contributed by atoms with Crippen molar-refractivity contribution in [1.29, 1.82) is 0 Å². The summed E-state index contributed by atoms with van der Waals surface area (Å²) in [4.78, 5) is 19.6. The van der Waals surface area contributed by atoms with Gasteiger partial charge in [-0.25, -0.2) is 0 Å². The normalized spacial score (nSPS) is 26.5. The number of rotatable bonds is 3. The Labute approximate surface area is 123 Å². The predicted molar refractivity (Wildman–Crippen MR) is 81.8 cm³/mol. The number of likely N-dealkylation sites (N-methyl/N-ethyl adjacent to an activating group) is 2. The van der Waals surface area contributed by atoms with Gasteiger partial charge in [0, 0.05) is 45.8 Å². The van der Waals surface area contributed by atoms with Crippen LogP contribution in [0.2, 0.25) is 0 Å². The molecular formula is C15H30N4O. The average Bonchev–Trinajstić information content (AvgIpc) is 2.46. The monoisotopic (exact) mass is 282 g/mol. The van der Waals surface area contributed by atoms with E-state index in [-0.39, 0.29) is 5.91 Å². The van der Waals surface area contributed by atoms with Crippen molar-refractivity contribution in [3.63, 3.8) is 0 Å². The molecule has 2 heterocycles. The van der Waals surface area contributed by atoms with Gasteiger partial charge in [0.05, 0.1) is 5.54 Å². The van der Waals surface area contributed by atoms with Crippen LogP contribution in [0.4, 0.5) is 0 Å². The Morgan fingerprint density at radius 2 is 1.90 bits per heavy atom. The molecule has 5 heteroatoms. The third kappa shape index (κ3) is 3.32. The maximum Gasteiger partial charge on any atom is 0.242 e. The van der Waals surface area contributed by atoms with Gasteiger partial charge in [-0.1, -0.05) is 0 Å². The van der Waals surface area contributed by atoms with Gasteiger partial charge in [-0.3, -0.25) is 9.69 Å². The number of likely N-dealkylation sites (tertiary alicyclic amines) is 1. The highest BCUT2D eigenvalue weighted by molar-refractivity contribution is 5.85. The maximum atomic E-state index is 12.9. The standard InChI is InChI=1S/C15H30N4O/c1-15(2,19-10-7-16-8-11-19)14(20)18(4)13-6-5-9-17(3)12-13/h13,16H,5-12H2,1-4H3. The molecule has 2 rings (SSSR count). The van der Waals surface area contributed by atoms with Gasteiger partial charge >= 0.3 is 0 Å². The van der Waals surface area contributed by atoms with Crippen LogP contribution in [-0.2, 0) is 4.79 Å². The molecule has 116 valence electrons. The van der Waals surface area contributed by atoms with E-state index in [1.54, 1.807) is 0 Å². The van der Waals surface area contributed by atoms with Crippen LogP contribution in [0.1, 0.15) is 26.7 Å². The highest BCUT2D eigenvalue weighted by atomic mass is 16.2. The molecule has 2 saturated heterocycles. The molecule has 5 nitrogen and oxygen atoms in total. The Hall–Kier alpha value is -0.650. The minimum atomic E-state index is -0.396. The van der Waals surface area contributed by atoms with Crippen molar-refractivity contribution >= 4 is 5.91 Å². The Morgan fingerprint density at radius 3 is 2.50 bits per heavy atom. The third-order valence-corrected chi connectivity index (χ3v) is 4.90. The van der Waals surface area contributed by atoms with Crippen LogP contribution in [0.5, 0.6) is 0 Å². The second-order valence-corrected chi connectivity index (χ2v) is 6.77. The van der Waals surface area contributed by atoms with Crippen molar-refractivity contribution in [2.75, 3.05) is 53.4 Å². The van der Waals surface area contributed by atoms with Crippen LogP contribution in [0, 0.1) is 0 Å². The minimum Gasteiger partial charge on any atom is -0.340 e. The van der Waals surface area contributed by atoms with Crippen LogP contribution < -0.4 is 5.32 Å². The summed E-state index contributed by atoms with van der Waals surface area (Å²) in [5.74, 6) is 0.264. The summed E-state index contributed by atoms with van der Waals surface area (Å²) in [5, 5.41) is 3.35. The van der Waals surface area contributed by atoms with Crippen LogP contribution in [0.3, 0.4) is 0 Å². The first kappa shape index (κ1) is 15.7. The topological polar surface area (TPSA) is 38.8 Å². The molecule has 1 N–H and O–H groups in total. The summed E-state index contributed by atoms with van der Waals surface area (Å²) in [6, 6.07) is 0.364. The van der Waals surface area contributed by atoms with E-state index in [2.05, 4.69) is 36.0 Å². The summed E-state index contributed by atoms with van der Waals surface area (Å²) in [6.45, 7) is 10.2. The van der Waals surface area contributed by atoms with E-state index in [1.165, 1.54) is 6.42 Å². The highest BCUT2D eigenvalue weighted by Gasteiger charge is 2.39. The molecule has 0 aromatic heterocycles. The molecule has 0 aliphatic carbocycles. The van der Waals surface area contributed by atoms with Gasteiger partial charge in [-0.2, -0.15) is 0 Å². The molecule has 2 aliphatic heterocycles. The van der Waals surface area contributed by atoms with Crippen LogP contribution in [0.15, 0.2) is 0 Å². The van der Waals surface area contributed by atoms with Gasteiger partial charge in [-0.15, -0.1) is 0 Å². The number of carbonyl (C=O) groups excluding carboxylic acids is 1. The lowest BCUT2D eigenvalue weighted by molar-refractivity contribution is -0.145. The molecule has 1 amide bonds. The Bertz CT molecular complexity index is 339. The van der Waals surface area contributed by atoms with E-state index in [0.717, 1.165) is 45.7 Å². The van der Waals surface area contributed by atoms with Gasteiger partial charge in [-0.05, 0) is 40.3 Å². The molecule has 0 spiro atoms. The van der Waals surface area contributed by atoms with Crippen molar-refractivity contribution in [2.24, 2.45) is 0 Å². The molecule has 0 bridgehead atoms. The van der Waals surface area contributed by atoms with Gasteiger partial charge in [0.2, 0.25) is 5.91 Å². The lowest BCUT2D eigenvalue weighted by atomic mass is 9.97. The largest absolute Gasteiger partial charge is 0.340 e. The summed E-state index contributed by atoms with van der Waals surface area (Å²) in [6.07, 6.45) is 2.32. The average molecular weight is 282 g/mol. The molecule has 0 saturated carbocycles. The summed E-state index contributed by atoms with van der Waals surface area (Å²) >= 11 is 0. The predicted octanol–water partition coefficient (Wildman–Crippen LogP) is 0.223. The van der Waals surface area contributed by atoms with Gasteiger partial charge < -0.3 is 15.1 Å². The quantitative estimate of drug-likeness (QED) is 0.804. The number of piperazine rings is 1. The number of amides is 1. The summed E-state index contributed by atoms with van der Waals surface area (Å²) < 4.78 is 0. The van der Waals surface area contributed by atoms with E-state index < -0.39 is 5.54 Å². The zero-order valence-electron chi connectivity index (χ0n) is 13.5. The second-order valence-electron chi connectivity index (χ2n) is 6.77. The molecule has 0 radical (unpaired) electrons. The van der Waals surface area contributed by atoms with Gasteiger partial charge in [0.1, 0.15) is 0 Å². The number of piperidine rings is 1. The minimum absolute atomic E-state index is 0.264. The van der Waals surface area contributed by atoms with Crippen molar-refractivity contribution in [3.8, 4) is 0 Å². The van der Waals surface area contributed by atoms with Crippen LogP contribution in [0.25, 0.3) is 0 Å². The first-order valence-corrected chi connectivity index (χ1v) is 7.84. The second kappa shape index (κ2) is 6.41. The van der Waals surface area contributed by atoms with E-state index in [9.17, 15) is 4.79 Å². The zero-order chi connectivity index (χ0) is 14.8. The molecule has 0 aromatic carbocycles. The lowest BCUT2D eigenvalue weighted by Gasteiger charge is -2.44. The fourth-order valence-corrected chi connectivity index (χ4v) is 3.41. The van der Waals surface area contributed by atoms with Crippen LogP contribution >= 0.6 is 0 Å². The van der Waals surface area contributed by atoms with Crippen molar-refractivity contribution in [3.05, 3.63) is 0 Å². The first-order valence-electron chi connectivity index (χ1n) is 7.84. The highest BCUT2D eigenvalue weighted by Crippen LogP contribution is 2.22. The van der Waals surface area contributed by atoms with Crippen molar-refractivity contribution in [2.45, 2.75) is 38.3 Å². The number of carbonyl (C=O) groups is 1. The molecule has 1 unspecified atom stereocenters. The van der Waals surface area contributed by atoms with Crippen molar-refractivity contribution in [1.82, 2.24) is 20.0 Å². The Morgan fingerprint density at radius 1 is 1.25 bits per heavy atom. The smallest absolute Gasteiger partial charge is 0.242 e. The molecule has 2 aliphatic rings. The fraction of sp³-hybridized carbons (Fsp3) is 0.933. The fourth-order valence-electron chi connectivity index (χ4n) is 3.41. The number of hydrogen-bond acceptors (Lipinski definition) is 4. The number of nitrogens with zero attached hydrogens (tertiary/aromatic N) is 3. The molecule has 20 heavy (non-hydrogen) atoms. The maximum absolute atomic E-state index is 12.9. The zero-order valence-corrected chi connectivity index (χ0v) is 13.5. The van der Waals surface area contributed by atoms with Gasteiger partial charge in [0.15, 0.2) is 0 Å². The SMILES string of the molecule is CN1CCCC(N(C)C(=O)C(C)(C)N2CCNCC2)C1. The van der Waals surface area contributed by atoms with Crippen molar-refractivity contribution < 1.29 is 4.79 Å². The van der Waals surface area contributed by atoms with Gasteiger partial charge in [0.25, 0.3) is 0 Å². The van der Waals surface area contributed by atoms with E-state index in [4.69, 9.17) is 0 Å². The summed E-state index contributed by atoms with van der Waals surface area (Å²) in [5.41, 5.74) is -0.396. The van der Waals surface area contributed by atoms with E-state index in [1.807, 2.05) is 11.9 Å². The van der Waals surface area contributed by atoms with E-state index in [0.29, 0.717) is 6.04 Å². The number of hydrogen-bond donors (Lipinski definition) is 1. The Kier molecular flexibility index (Phi) is 5.04. The summed E-state index contributed by atoms with van der Waals surface area (Å²) in [7, 11) is 4.13. The van der Waals surface area contributed by atoms with E-state index >= 15 is 0 Å².